The zero-order valence-electron chi connectivity index (χ0n) is 17.7. The van der Waals surface area contributed by atoms with Gasteiger partial charge in [-0.15, -0.1) is 0 Å². The van der Waals surface area contributed by atoms with E-state index in [1.807, 2.05) is 31.2 Å². The predicted octanol–water partition coefficient (Wildman–Crippen LogP) is 3.28. The van der Waals surface area contributed by atoms with E-state index in [0.29, 0.717) is 18.7 Å². The van der Waals surface area contributed by atoms with Gasteiger partial charge in [-0.25, -0.2) is 4.79 Å². The summed E-state index contributed by atoms with van der Waals surface area (Å²) < 4.78 is 38.4. The van der Waals surface area contributed by atoms with Crippen LogP contribution >= 0.6 is 0 Å². The van der Waals surface area contributed by atoms with Crippen LogP contribution in [0.3, 0.4) is 0 Å². The largest absolute Gasteiger partial charge is 0.493 e. The molecular formula is C21H28N2O6S. The molecule has 0 aromatic heterocycles. The van der Waals surface area contributed by atoms with Gasteiger partial charge in [-0.05, 0) is 35.7 Å². The Kier molecular flexibility index (Phi) is 8.49. The number of aryl methyl sites for hydroxylation is 1. The fourth-order valence-corrected chi connectivity index (χ4v) is 3.32. The molecule has 0 aliphatic rings. The summed E-state index contributed by atoms with van der Waals surface area (Å²) in [5.41, 5.74) is 2.47. The van der Waals surface area contributed by atoms with Crippen molar-refractivity contribution in [3.8, 4) is 11.5 Å². The molecule has 0 aliphatic heterocycles. The highest BCUT2D eigenvalue weighted by Gasteiger charge is 2.18. The fourth-order valence-electron chi connectivity index (χ4n) is 2.87. The second-order valence-corrected chi connectivity index (χ2v) is 8.20. The summed E-state index contributed by atoms with van der Waals surface area (Å²) in [5.74, 6) is 0.356. The lowest BCUT2D eigenvalue weighted by Gasteiger charge is -2.24. The molecule has 1 N–H and O–H groups in total. The van der Waals surface area contributed by atoms with Gasteiger partial charge in [-0.1, -0.05) is 31.2 Å². The molecule has 30 heavy (non-hydrogen) atoms. The Labute approximate surface area is 177 Å². The maximum atomic E-state index is 12.9. The van der Waals surface area contributed by atoms with Gasteiger partial charge in [0.2, 0.25) is 0 Å². The average molecular weight is 437 g/mol. The number of rotatable bonds is 10. The van der Waals surface area contributed by atoms with E-state index in [0.717, 1.165) is 23.9 Å². The van der Waals surface area contributed by atoms with E-state index in [4.69, 9.17) is 13.7 Å². The molecule has 0 heterocycles. The van der Waals surface area contributed by atoms with Crippen molar-refractivity contribution in [2.75, 3.05) is 38.9 Å². The van der Waals surface area contributed by atoms with Crippen molar-refractivity contribution in [2.24, 2.45) is 0 Å². The Balaban J connectivity index is 2.25. The summed E-state index contributed by atoms with van der Waals surface area (Å²) in [6, 6.07) is 12.2. The maximum absolute atomic E-state index is 12.9. The zero-order valence-corrected chi connectivity index (χ0v) is 18.5. The maximum Gasteiger partial charge on any atom is 0.322 e. The van der Waals surface area contributed by atoms with E-state index in [-0.39, 0.29) is 24.1 Å². The van der Waals surface area contributed by atoms with Crippen LogP contribution in [0, 0.1) is 0 Å². The number of amides is 2. The lowest BCUT2D eigenvalue weighted by Crippen LogP contribution is -2.37. The minimum atomic E-state index is -3.73. The summed E-state index contributed by atoms with van der Waals surface area (Å²) in [6.07, 6.45) is 1.75. The van der Waals surface area contributed by atoms with Crippen LogP contribution in [-0.4, -0.2) is 53.0 Å². The Bertz CT molecular complexity index is 962. The van der Waals surface area contributed by atoms with E-state index in [1.165, 1.54) is 7.11 Å². The van der Waals surface area contributed by atoms with Crippen LogP contribution in [0.4, 0.5) is 10.5 Å². The van der Waals surface area contributed by atoms with Gasteiger partial charge in [0, 0.05) is 25.9 Å². The highest BCUT2D eigenvalue weighted by molar-refractivity contribution is 7.86. The number of ether oxygens (including phenoxy) is 2. The molecule has 0 radical (unpaired) electrons. The van der Waals surface area contributed by atoms with Gasteiger partial charge in [0.1, 0.15) is 0 Å². The molecule has 2 aromatic rings. The van der Waals surface area contributed by atoms with Crippen LogP contribution in [0.25, 0.3) is 0 Å². The molecule has 0 bridgehead atoms. The molecular weight excluding hydrogens is 408 g/mol. The molecule has 2 aromatic carbocycles. The molecule has 0 saturated heterocycles. The number of carbonyl (C=O) groups is 1. The molecule has 8 nitrogen and oxygen atoms in total. The van der Waals surface area contributed by atoms with Crippen molar-refractivity contribution in [1.29, 1.82) is 0 Å². The van der Waals surface area contributed by atoms with Gasteiger partial charge in [-0.2, -0.15) is 8.42 Å². The predicted molar refractivity (Wildman–Crippen MR) is 116 cm³/mol. The summed E-state index contributed by atoms with van der Waals surface area (Å²) in [7, 11) is -0.739. The number of anilines is 1. The molecule has 0 saturated carbocycles. The highest BCUT2D eigenvalue weighted by atomic mass is 32.2. The van der Waals surface area contributed by atoms with Crippen LogP contribution in [0.15, 0.2) is 42.5 Å². The van der Waals surface area contributed by atoms with Crippen molar-refractivity contribution in [3.05, 3.63) is 53.6 Å². The number of benzene rings is 2. The van der Waals surface area contributed by atoms with E-state index in [9.17, 15) is 13.2 Å². The SMILES string of the molecule is CCc1ccccc1NC(=O)N(CCOC)Cc1ccc(OC)c(OS(C)(=O)=O)c1. The topological polar surface area (TPSA) is 94.2 Å². The molecule has 0 aliphatic carbocycles. The smallest absolute Gasteiger partial charge is 0.322 e. The van der Waals surface area contributed by atoms with Crippen LogP contribution < -0.4 is 14.2 Å². The number of nitrogens with one attached hydrogen (secondary N) is 1. The number of hydrogen-bond acceptors (Lipinski definition) is 6. The second-order valence-electron chi connectivity index (χ2n) is 6.63. The first-order chi connectivity index (χ1) is 14.3. The molecule has 164 valence electrons. The molecule has 2 rings (SSSR count). The second kappa shape index (κ2) is 10.8. The normalized spacial score (nSPS) is 11.1. The van der Waals surface area contributed by atoms with Crippen LogP contribution in [-0.2, 0) is 27.8 Å². The monoisotopic (exact) mass is 436 g/mol. The number of urea groups is 1. The van der Waals surface area contributed by atoms with Gasteiger partial charge < -0.3 is 23.9 Å². The van der Waals surface area contributed by atoms with Gasteiger partial charge in [-0.3, -0.25) is 0 Å². The van der Waals surface area contributed by atoms with Gasteiger partial charge in [0.15, 0.2) is 11.5 Å². The first-order valence-corrected chi connectivity index (χ1v) is 11.3. The number of carbonyl (C=O) groups excluding carboxylic acids is 1. The minimum absolute atomic E-state index is 0.0703. The lowest BCUT2D eigenvalue weighted by molar-refractivity contribution is 0.153. The zero-order chi connectivity index (χ0) is 22.1. The standard InChI is InChI=1S/C21H28N2O6S/c1-5-17-8-6-7-9-18(17)22-21(24)23(12-13-27-2)15-16-10-11-19(28-3)20(14-16)29-30(4,25)26/h6-11,14H,5,12-13,15H2,1-4H3,(H,22,24). The molecule has 0 unspecified atom stereocenters. The van der Waals surface area contributed by atoms with Crippen molar-refractivity contribution in [3.63, 3.8) is 0 Å². The molecule has 2 amide bonds. The van der Waals surface area contributed by atoms with Crippen molar-refractivity contribution >= 4 is 21.8 Å². The Morgan fingerprint density at radius 3 is 2.47 bits per heavy atom. The van der Waals surface area contributed by atoms with Crippen LogP contribution in [0.5, 0.6) is 11.5 Å². The molecule has 0 fully saturated rings. The van der Waals surface area contributed by atoms with E-state index in [1.54, 1.807) is 30.2 Å². The summed E-state index contributed by atoms with van der Waals surface area (Å²) in [4.78, 5) is 14.5. The van der Waals surface area contributed by atoms with Gasteiger partial charge in [0.25, 0.3) is 0 Å². The minimum Gasteiger partial charge on any atom is -0.493 e. The number of para-hydroxylation sites is 1. The Hall–Kier alpha value is -2.78. The third-order valence-electron chi connectivity index (χ3n) is 4.34. The molecule has 0 spiro atoms. The molecule has 9 heteroatoms. The average Bonchev–Trinajstić information content (AvgIpc) is 2.70. The summed E-state index contributed by atoms with van der Waals surface area (Å²) in [5, 5.41) is 2.95. The first-order valence-electron chi connectivity index (χ1n) is 9.46. The van der Waals surface area contributed by atoms with Gasteiger partial charge in [0.05, 0.1) is 20.0 Å². The highest BCUT2D eigenvalue weighted by Crippen LogP contribution is 2.29. The van der Waals surface area contributed by atoms with Crippen LogP contribution in [0.2, 0.25) is 0 Å². The Morgan fingerprint density at radius 1 is 1.10 bits per heavy atom. The van der Waals surface area contributed by atoms with E-state index >= 15 is 0 Å². The van der Waals surface area contributed by atoms with Crippen molar-refractivity contribution < 1.29 is 26.9 Å². The fraction of sp³-hybridized carbons (Fsp3) is 0.381. The van der Waals surface area contributed by atoms with E-state index < -0.39 is 10.1 Å². The first kappa shape index (κ1) is 23.5. The molecule has 0 atom stereocenters. The van der Waals surface area contributed by atoms with Gasteiger partial charge >= 0.3 is 16.1 Å². The van der Waals surface area contributed by atoms with E-state index in [2.05, 4.69) is 5.32 Å². The van der Waals surface area contributed by atoms with Crippen LogP contribution in [0.1, 0.15) is 18.1 Å². The van der Waals surface area contributed by atoms with Crippen molar-refractivity contribution in [1.82, 2.24) is 4.90 Å². The third-order valence-corrected chi connectivity index (χ3v) is 4.82. The summed E-state index contributed by atoms with van der Waals surface area (Å²) >= 11 is 0. The number of hydrogen-bond donors (Lipinski definition) is 1. The number of nitrogens with zero attached hydrogens (tertiary/aromatic N) is 1. The third kappa shape index (κ3) is 6.93. The summed E-state index contributed by atoms with van der Waals surface area (Å²) in [6.45, 7) is 2.96. The lowest BCUT2D eigenvalue weighted by atomic mass is 10.1. The number of methoxy groups -OCH3 is 2. The quantitative estimate of drug-likeness (QED) is 0.575. The Morgan fingerprint density at radius 2 is 1.83 bits per heavy atom. The van der Waals surface area contributed by atoms with Crippen molar-refractivity contribution in [2.45, 2.75) is 19.9 Å².